The minimum atomic E-state index is -0.351. The van der Waals surface area contributed by atoms with Gasteiger partial charge in [0.25, 0.3) is 0 Å². The number of benzene rings is 2. The van der Waals surface area contributed by atoms with Crippen LogP contribution in [0.2, 0.25) is 0 Å². The van der Waals surface area contributed by atoms with E-state index in [1.165, 1.54) is 0 Å². The minimum Gasteiger partial charge on any atom is -0.497 e. The number of carbonyl (C=O) groups is 1. The fourth-order valence-corrected chi connectivity index (χ4v) is 2.13. The summed E-state index contributed by atoms with van der Waals surface area (Å²) in [6.07, 6.45) is -0.452. The second-order valence-corrected chi connectivity index (χ2v) is 4.48. The summed E-state index contributed by atoms with van der Waals surface area (Å²) in [6, 6.07) is 16.9. The smallest absolute Gasteiger partial charge is 0.194 e. The third-order valence-electron chi connectivity index (χ3n) is 3.25. The van der Waals surface area contributed by atoms with Gasteiger partial charge in [-0.15, -0.1) is 0 Å². The lowest BCUT2D eigenvalue weighted by molar-refractivity contribution is 0.0953. The van der Waals surface area contributed by atoms with Crippen molar-refractivity contribution >= 4 is 5.78 Å². The summed E-state index contributed by atoms with van der Waals surface area (Å²) in [5.41, 5.74) is 1.71. The first kappa shape index (κ1) is 11.9. The highest BCUT2D eigenvalue weighted by Gasteiger charge is 2.45. The molecule has 0 bridgehead atoms. The van der Waals surface area contributed by atoms with E-state index >= 15 is 0 Å². The van der Waals surface area contributed by atoms with E-state index in [-0.39, 0.29) is 18.0 Å². The molecule has 2 atom stereocenters. The van der Waals surface area contributed by atoms with E-state index in [1.54, 1.807) is 31.4 Å². The van der Waals surface area contributed by atoms with Crippen LogP contribution in [-0.2, 0) is 4.74 Å². The van der Waals surface area contributed by atoms with E-state index in [0.717, 1.165) is 11.3 Å². The summed E-state index contributed by atoms with van der Waals surface area (Å²) in [4.78, 5) is 12.2. The first-order chi connectivity index (χ1) is 9.29. The molecule has 3 rings (SSSR count). The molecule has 0 aliphatic carbocycles. The van der Waals surface area contributed by atoms with E-state index in [1.807, 2.05) is 30.3 Å². The molecule has 0 amide bonds. The maximum absolute atomic E-state index is 12.2. The molecule has 19 heavy (non-hydrogen) atoms. The molecule has 1 fully saturated rings. The van der Waals surface area contributed by atoms with Gasteiger partial charge in [0.2, 0.25) is 0 Å². The maximum atomic E-state index is 12.2. The molecule has 3 heteroatoms. The zero-order chi connectivity index (χ0) is 13.2. The summed E-state index contributed by atoms with van der Waals surface area (Å²) in [6.45, 7) is 0. The molecule has 1 aliphatic rings. The van der Waals surface area contributed by atoms with Crippen LogP contribution in [0.4, 0.5) is 0 Å². The number of ketones is 1. The standard InChI is InChI=1S/C16H14O3/c1-18-13-9-7-11(8-10-13)14(17)16-15(19-16)12-5-3-2-4-6-12/h2-10,15-16H,1H3/t15-,16+/m1/s1. The second-order valence-electron chi connectivity index (χ2n) is 4.48. The minimum absolute atomic E-state index is 0.0245. The van der Waals surface area contributed by atoms with Gasteiger partial charge in [-0.3, -0.25) is 4.79 Å². The molecule has 0 aromatic heterocycles. The van der Waals surface area contributed by atoms with E-state index in [9.17, 15) is 4.79 Å². The van der Waals surface area contributed by atoms with Crippen molar-refractivity contribution in [2.24, 2.45) is 0 Å². The zero-order valence-electron chi connectivity index (χ0n) is 10.6. The number of ether oxygens (including phenoxy) is 2. The lowest BCUT2D eigenvalue weighted by atomic mass is 10.0. The van der Waals surface area contributed by atoms with Crippen molar-refractivity contribution in [3.63, 3.8) is 0 Å². The number of carbonyl (C=O) groups excluding carboxylic acids is 1. The van der Waals surface area contributed by atoms with Crippen molar-refractivity contribution in [3.8, 4) is 5.75 Å². The molecule has 0 radical (unpaired) electrons. The van der Waals surface area contributed by atoms with Crippen LogP contribution in [0.15, 0.2) is 54.6 Å². The maximum Gasteiger partial charge on any atom is 0.194 e. The first-order valence-electron chi connectivity index (χ1n) is 6.18. The Hall–Kier alpha value is -2.13. The van der Waals surface area contributed by atoms with Gasteiger partial charge in [0.15, 0.2) is 11.9 Å². The number of methoxy groups -OCH3 is 1. The summed E-state index contributed by atoms with van der Waals surface area (Å²) in [7, 11) is 1.60. The second kappa shape index (κ2) is 4.86. The third-order valence-corrected chi connectivity index (χ3v) is 3.25. The van der Waals surface area contributed by atoms with Gasteiger partial charge in [0.1, 0.15) is 11.9 Å². The zero-order valence-corrected chi connectivity index (χ0v) is 10.6. The van der Waals surface area contributed by atoms with Gasteiger partial charge in [-0.2, -0.15) is 0 Å². The Morgan fingerprint density at radius 1 is 1.05 bits per heavy atom. The monoisotopic (exact) mass is 254 g/mol. The average Bonchev–Trinajstić information content (AvgIpc) is 3.28. The van der Waals surface area contributed by atoms with Crippen LogP contribution in [0.25, 0.3) is 0 Å². The van der Waals surface area contributed by atoms with Gasteiger partial charge < -0.3 is 9.47 Å². The number of epoxide rings is 1. The Bertz CT molecular complexity index is 575. The van der Waals surface area contributed by atoms with Gasteiger partial charge >= 0.3 is 0 Å². The molecule has 0 saturated carbocycles. The topological polar surface area (TPSA) is 38.8 Å². The lowest BCUT2D eigenvalue weighted by Gasteiger charge is -2.01. The first-order valence-corrected chi connectivity index (χ1v) is 6.18. The van der Waals surface area contributed by atoms with Crippen LogP contribution < -0.4 is 4.74 Å². The van der Waals surface area contributed by atoms with Crippen LogP contribution in [0.3, 0.4) is 0 Å². The van der Waals surface area contributed by atoms with E-state index in [4.69, 9.17) is 9.47 Å². The summed E-state index contributed by atoms with van der Waals surface area (Å²) in [5.74, 6) is 0.768. The molecule has 0 N–H and O–H groups in total. The van der Waals surface area contributed by atoms with Gasteiger partial charge in [0.05, 0.1) is 7.11 Å². The van der Waals surface area contributed by atoms with Crippen LogP contribution in [-0.4, -0.2) is 19.0 Å². The predicted octanol–water partition coefficient (Wildman–Crippen LogP) is 3.02. The molecule has 3 nitrogen and oxygen atoms in total. The van der Waals surface area contributed by atoms with Crippen LogP contribution >= 0.6 is 0 Å². The summed E-state index contributed by atoms with van der Waals surface area (Å²) >= 11 is 0. The summed E-state index contributed by atoms with van der Waals surface area (Å²) < 4.78 is 10.6. The number of hydrogen-bond donors (Lipinski definition) is 0. The van der Waals surface area contributed by atoms with Gasteiger partial charge in [0, 0.05) is 5.56 Å². The van der Waals surface area contributed by atoms with Crippen molar-refractivity contribution in [1.29, 1.82) is 0 Å². The molecule has 0 spiro atoms. The Morgan fingerprint density at radius 2 is 1.74 bits per heavy atom. The average molecular weight is 254 g/mol. The SMILES string of the molecule is COc1ccc(C(=O)[C@@H]2O[C@@H]2c2ccccc2)cc1. The van der Waals surface area contributed by atoms with Gasteiger partial charge in [-0.1, -0.05) is 30.3 Å². The normalized spacial score (nSPS) is 20.9. The highest BCUT2D eigenvalue weighted by atomic mass is 16.6. The predicted molar refractivity (Wildman–Crippen MR) is 71.4 cm³/mol. The molecule has 2 aromatic rings. The molecule has 1 heterocycles. The molecule has 1 saturated heterocycles. The van der Waals surface area contributed by atoms with Crippen LogP contribution in [0.1, 0.15) is 22.0 Å². The Kier molecular flexibility index (Phi) is 3.05. The van der Waals surface area contributed by atoms with Gasteiger partial charge in [-0.05, 0) is 29.8 Å². The Balaban J connectivity index is 1.72. The Morgan fingerprint density at radius 3 is 2.37 bits per heavy atom. The molecular formula is C16H14O3. The third kappa shape index (κ3) is 2.37. The number of hydrogen-bond acceptors (Lipinski definition) is 3. The van der Waals surface area contributed by atoms with Gasteiger partial charge in [-0.25, -0.2) is 0 Å². The highest BCUT2D eigenvalue weighted by Crippen LogP contribution is 2.40. The molecule has 2 aromatic carbocycles. The lowest BCUT2D eigenvalue weighted by Crippen LogP contribution is -2.08. The van der Waals surface area contributed by atoms with Crippen LogP contribution in [0, 0.1) is 0 Å². The van der Waals surface area contributed by atoms with Crippen molar-refractivity contribution in [1.82, 2.24) is 0 Å². The van der Waals surface area contributed by atoms with E-state index < -0.39 is 0 Å². The van der Waals surface area contributed by atoms with Crippen molar-refractivity contribution < 1.29 is 14.3 Å². The van der Waals surface area contributed by atoms with Crippen molar-refractivity contribution in [2.45, 2.75) is 12.2 Å². The quantitative estimate of drug-likeness (QED) is 0.622. The van der Waals surface area contributed by atoms with Crippen molar-refractivity contribution in [3.05, 3.63) is 65.7 Å². The molecule has 96 valence electrons. The highest BCUT2D eigenvalue weighted by molar-refractivity contribution is 6.01. The van der Waals surface area contributed by atoms with E-state index in [2.05, 4.69) is 0 Å². The largest absolute Gasteiger partial charge is 0.497 e. The fraction of sp³-hybridized carbons (Fsp3) is 0.188. The number of rotatable bonds is 4. The van der Waals surface area contributed by atoms with E-state index in [0.29, 0.717) is 5.56 Å². The Labute approximate surface area is 111 Å². The number of Topliss-reactive ketones (excluding diaryl/α,β-unsaturated/α-hetero) is 1. The van der Waals surface area contributed by atoms with Crippen LogP contribution in [0.5, 0.6) is 5.75 Å². The molecule has 0 unspecified atom stereocenters. The molecular weight excluding hydrogens is 240 g/mol. The summed E-state index contributed by atoms with van der Waals surface area (Å²) in [5, 5.41) is 0. The van der Waals surface area contributed by atoms with Crippen molar-refractivity contribution in [2.75, 3.05) is 7.11 Å². The molecule has 1 aliphatic heterocycles. The fourth-order valence-electron chi connectivity index (χ4n) is 2.13.